The minimum atomic E-state index is -3.86. The first-order valence-electron chi connectivity index (χ1n) is 8.91. The van der Waals surface area contributed by atoms with Crippen LogP contribution in [0.25, 0.3) is 22.5 Å². The van der Waals surface area contributed by atoms with Crippen LogP contribution in [-0.2, 0) is 10.0 Å². The Morgan fingerprint density at radius 3 is 2.17 bits per heavy atom. The first-order valence-corrected chi connectivity index (χ1v) is 10.8. The zero-order valence-electron chi connectivity index (χ0n) is 15.5. The van der Waals surface area contributed by atoms with E-state index in [4.69, 9.17) is 16.9 Å². The summed E-state index contributed by atoms with van der Waals surface area (Å²) in [6.45, 7) is 0. The predicted molar refractivity (Wildman–Crippen MR) is 116 cm³/mol. The van der Waals surface area contributed by atoms with Gasteiger partial charge in [0.15, 0.2) is 0 Å². The molecule has 0 saturated heterocycles. The van der Waals surface area contributed by atoms with Gasteiger partial charge in [-0.3, -0.25) is 0 Å². The third-order valence-corrected chi connectivity index (χ3v) is 5.98. The molecule has 0 aliphatic rings. The Hall–Kier alpha value is -3.60. The number of benzene rings is 3. The normalized spacial score (nSPS) is 11.1. The molecule has 148 valence electrons. The quantitative estimate of drug-likeness (QED) is 0.494. The van der Waals surface area contributed by atoms with Gasteiger partial charge < -0.3 is 0 Å². The molecule has 4 aromatic rings. The fourth-order valence-corrected chi connectivity index (χ4v) is 4.01. The van der Waals surface area contributed by atoms with Crippen LogP contribution < -0.4 is 4.83 Å². The summed E-state index contributed by atoms with van der Waals surface area (Å²) in [5, 5.41) is 14.1. The van der Waals surface area contributed by atoms with Crippen molar-refractivity contribution in [3.05, 3.63) is 95.5 Å². The van der Waals surface area contributed by atoms with Crippen molar-refractivity contribution < 1.29 is 8.42 Å². The van der Waals surface area contributed by atoms with E-state index in [0.717, 1.165) is 5.56 Å². The van der Waals surface area contributed by atoms with Crippen molar-refractivity contribution in [1.82, 2.24) is 9.89 Å². The molecule has 1 aromatic heterocycles. The minimum absolute atomic E-state index is 0.124. The maximum absolute atomic E-state index is 12.8. The summed E-state index contributed by atoms with van der Waals surface area (Å²) in [5.74, 6) is 0. The van der Waals surface area contributed by atoms with Crippen molar-refractivity contribution >= 4 is 21.6 Å². The van der Waals surface area contributed by atoms with E-state index in [0.29, 0.717) is 27.5 Å². The zero-order valence-corrected chi connectivity index (χ0v) is 17.1. The largest absolute Gasteiger partial charge is 0.276 e. The maximum atomic E-state index is 12.8. The van der Waals surface area contributed by atoms with Crippen LogP contribution in [0.2, 0.25) is 5.02 Å². The molecule has 0 unspecified atom stereocenters. The van der Waals surface area contributed by atoms with Crippen LogP contribution in [0.5, 0.6) is 0 Å². The summed E-state index contributed by atoms with van der Waals surface area (Å²) in [7, 11) is -3.86. The molecule has 0 spiro atoms. The molecule has 30 heavy (non-hydrogen) atoms. The van der Waals surface area contributed by atoms with E-state index >= 15 is 0 Å². The van der Waals surface area contributed by atoms with E-state index in [-0.39, 0.29) is 4.90 Å². The molecule has 0 saturated carbocycles. The maximum Gasteiger partial charge on any atom is 0.276 e. The molecule has 0 bridgehead atoms. The van der Waals surface area contributed by atoms with Crippen molar-refractivity contribution in [3.8, 4) is 28.6 Å². The van der Waals surface area contributed by atoms with Gasteiger partial charge in [0, 0.05) is 16.1 Å². The van der Waals surface area contributed by atoms with Crippen LogP contribution in [0.1, 0.15) is 5.56 Å². The molecule has 0 atom stereocenters. The van der Waals surface area contributed by atoms with Gasteiger partial charge >= 0.3 is 0 Å². The summed E-state index contributed by atoms with van der Waals surface area (Å²) >= 11 is 5.97. The van der Waals surface area contributed by atoms with Crippen LogP contribution in [0, 0.1) is 11.3 Å². The predicted octanol–water partition coefficient (Wildman–Crippen LogP) is 4.67. The van der Waals surface area contributed by atoms with Crippen molar-refractivity contribution in [3.63, 3.8) is 0 Å². The Bertz CT molecular complexity index is 1320. The Morgan fingerprint density at radius 1 is 0.900 bits per heavy atom. The fraction of sp³-hybridized carbons (Fsp3) is 0. The van der Waals surface area contributed by atoms with Crippen LogP contribution >= 0.6 is 11.6 Å². The number of hydrogen-bond donors (Lipinski definition) is 1. The van der Waals surface area contributed by atoms with Gasteiger partial charge in [-0.25, -0.2) is 0 Å². The first-order chi connectivity index (χ1) is 14.5. The molecular weight excluding hydrogens is 420 g/mol. The number of rotatable bonds is 5. The molecule has 6 nitrogen and oxygen atoms in total. The van der Waals surface area contributed by atoms with Gasteiger partial charge in [0.2, 0.25) is 0 Å². The summed E-state index contributed by atoms with van der Waals surface area (Å²) in [6.07, 6.45) is 0. The van der Waals surface area contributed by atoms with E-state index in [1.807, 2.05) is 12.1 Å². The van der Waals surface area contributed by atoms with Crippen molar-refractivity contribution in [2.45, 2.75) is 4.90 Å². The van der Waals surface area contributed by atoms with Gasteiger partial charge in [0.25, 0.3) is 10.0 Å². The molecule has 8 heteroatoms. The van der Waals surface area contributed by atoms with Crippen molar-refractivity contribution in [2.24, 2.45) is 0 Å². The van der Waals surface area contributed by atoms with Crippen LogP contribution in [0.15, 0.2) is 89.8 Å². The molecule has 3 aromatic carbocycles. The van der Waals surface area contributed by atoms with Crippen molar-refractivity contribution in [1.29, 1.82) is 5.26 Å². The SMILES string of the molecule is N#Cc1ccc(-c2cc(-c3ccc(Cl)cc3)nn2NS(=O)(=O)c2ccccc2)cc1. The first kappa shape index (κ1) is 19.7. The Balaban J connectivity index is 1.81. The molecule has 0 aliphatic carbocycles. The second-order valence-electron chi connectivity index (χ2n) is 6.43. The van der Waals surface area contributed by atoms with E-state index in [1.165, 1.54) is 16.9 Å². The summed E-state index contributed by atoms with van der Waals surface area (Å²) in [4.78, 5) is 3.87. The standard InChI is InChI=1S/C22H15ClN4O2S/c23-19-12-10-17(11-13-19)21-14-22(18-8-6-16(15-24)7-9-18)27(25-21)26-30(28,29)20-4-2-1-3-5-20/h1-14,26H. The van der Waals surface area contributed by atoms with Gasteiger partial charge in [0.1, 0.15) is 0 Å². The lowest BCUT2D eigenvalue weighted by Crippen LogP contribution is -2.25. The monoisotopic (exact) mass is 434 g/mol. The van der Waals surface area contributed by atoms with Gasteiger partial charge in [-0.15, -0.1) is 0 Å². The number of sulfonamides is 1. The van der Waals surface area contributed by atoms with E-state index in [9.17, 15) is 8.42 Å². The molecule has 1 N–H and O–H groups in total. The molecular formula is C22H15ClN4O2S. The topological polar surface area (TPSA) is 87.8 Å². The Labute approximate surface area is 179 Å². The number of aromatic nitrogens is 2. The minimum Gasteiger partial charge on any atom is -0.200 e. The Morgan fingerprint density at radius 2 is 1.53 bits per heavy atom. The van der Waals surface area contributed by atoms with Gasteiger partial charge in [-0.2, -0.15) is 28.4 Å². The second-order valence-corrected chi connectivity index (χ2v) is 8.53. The highest BCUT2D eigenvalue weighted by Gasteiger charge is 2.19. The highest BCUT2D eigenvalue weighted by molar-refractivity contribution is 7.92. The fourth-order valence-electron chi connectivity index (χ4n) is 2.90. The molecule has 0 amide bonds. The smallest absolute Gasteiger partial charge is 0.200 e. The second kappa shape index (κ2) is 8.03. The molecule has 4 rings (SSSR count). The highest BCUT2D eigenvalue weighted by atomic mass is 35.5. The lowest BCUT2D eigenvalue weighted by Gasteiger charge is -2.11. The van der Waals surface area contributed by atoms with Crippen LogP contribution in [0.4, 0.5) is 0 Å². The molecule has 0 aliphatic heterocycles. The average Bonchev–Trinajstić information content (AvgIpc) is 3.18. The summed E-state index contributed by atoms with van der Waals surface area (Å²) < 4.78 is 25.7. The zero-order chi connectivity index (χ0) is 21.1. The van der Waals surface area contributed by atoms with E-state index in [2.05, 4.69) is 16.0 Å². The lowest BCUT2D eigenvalue weighted by molar-refractivity contribution is 0.592. The summed E-state index contributed by atoms with van der Waals surface area (Å²) in [5.41, 5.74) is 3.10. The molecule has 1 heterocycles. The molecule has 0 fully saturated rings. The third-order valence-electron chi connectivity index (χ3n) is 4.42. The number of nitrogens with one attached hydrogen (secondary N) is 1. The highest BCUT2D eigenvalue weighted by Crippen LogP contribution is 2.27. The van der Waals surface area contributed by atoms with Crippen LogP contribution in [-0.4, -0.2) is 18.3 Å². The number of nitriles is 1. The lowest BCUT2D eigenvalue weighted by atomic mass is 10.1. The van der Waals surface area contributed by atoms with Crippen molar-refractivity contribution in [2.75, 3.05) is 4.83 Å². The number of hydrogen-bond acceptors (Lipinski definition) is 4. The Kier molecular flexibility index (Phi) is 5.27. The van der Waals surface area contributed by atoms with Crippen LogP contribution in [0.3, 0.4) is 0 Å². The van der Waals surface area contributed by atoms with Gasteiger partial charge in [-0.1, -0.05) is 54.1 Å². The van der Waals surface area contributed by atoms with Gasteiger partial charge in [-0.05, 0) is 42.5 Å². The third kappa shape index (κ3) is 4.06. The number of nitrogens with zero attached hydrogens (tertiary/aromatic N) is 3. The average molecular weight is 435 g/mol. The summed E-state index contributed by atoms with van der Waals surface area (Å²) in [6, 6.07) is 25.8. The van der Waals surface area contributed by atoms with E-state index < -0.39 is 10.0 Å². The van der Waals surface area contributed by atoms with E-state index in [1.54, 1.807) is 60.7 Å². The molecule has 0 radical (unpaired) electrons. The van der Waals surface area contributed by atoms with Gasteiger partial charge in [0.05, 0.1) is 27.9 Å². The number of halogens is 1.